The van der Waals surface area contributed by atoms with Gasteiger partial charge in [-0.3, -0.25) is 4.98 Å². The topological polar surface area (TPSA) is 34.1 Å². The van der Waals surface area contributed by atoms with Crippen molar-refractivity contribution in [1.82, 2.24) is 10.3 Å². The van der Waals surface area contributed by atoms with Gasteiger partial charge in [0.05, 0.1) is 18.8 Å². The molecule has 0 aliphatic carbocycles. The zero-order valence-electron chi connectivity index (χ0n) is 12.0. The fraction of sp³-hybridized carbons (Fsp3) is 0.312. The van der Waals surface area contributed by atoms with Crippen LogP contribution in [0.1, 0.15) is 29.7 Å². The van der Waals surface area contributed by atoms with Crippen molar-refractivity contribution in [1.29, 1.82) is 0 Å². The number of rotatable bonds is 5. The molecule has 20 heavy (non-hydrogen) atoms. The molecule has 0 fully saturated rings. The molecule has 0 bridgehead atoms. The Morgan fingerprint density at radius 2 is 2.15 bits per heavy atom. The molecule has 4 heteroatoms. The van der Waals surface area contributed by atoms with Gasteiger partial charge >= 0.3 is 0 Å². The summed E-state index contributed by atoms with van der Waals surface area (Å²) in [6.45, 7) is 4.71. The molecule has 0 radical (unpaired) electrons. The molecule has 0 aliphatic rings. The summed E-state index contributed by atoms with van der Waals surface area (Å²) in [5.41, 5.74) is 3.50. The second-order valence-corrected chi connectivity index (χ2v) is 5.38. The lowest BCUT2D eigenvalue weighted by atomic mass is 9.98. The van der Waals surface area contributed by atoms with E-state index in [2.05, 4.69) is 51.4 Å². The van der Waals surface area contributed by atoms with Gasteiger partial charge in [-0.2, -0.15) is 0 Å². The predicted molar refractivity (Wildman–Crippen MR) is 85.2 cm³/mol. The van der Waals surface area contributed by atoms with Gasteiger partial charge in [-0.25, -0.2) is 0 Å². The number of nitrogens with zero attached hydrogens (tertiary/aromatic N) is 1. The number of benzene rings is 1. The lowest BCUT2D eigenvalue weighted by Gasteiger charge is -2.20. The largest absolute Gasteiger partial charge is 0.492 e. The van der Waals surface area contributed by atoms with Gasteiger partial charge in [0.2, 0.25) is 0 Å². The van der Waals surface area contributed by atoms with Crippen LogP contribution < -0.4 is 10.1 Å². The number of pyridine rings is 1. The second kappa shape index (κ2) is 6.86. The summed E-state index contributed by atoms with van der Waals surface area (Å²) in [6.07, 6.45) is 3.61. The molecule has 2 rings (SSSR count). The van der Waals surface area contributed by atoms with E-state index in [0.29, 0.717) is 6.61 Å². The average molecular weight is 335 g/mol. The quantitative estimate of drug-likeness (QED) is 0.901. The maximum Gasteiger partial charge on any atom is 0.137 e. The number of nitrogens with one attached hydrogen (secondary N) is 1. The maximum absolute atomic E-state index is 5.53. The van der Waals surface area contributed by atoms with Crippen LogP contribution in [0.5, 0.6) is 5.75 Å². The van der Waals surface area contributed by atoms with Crippen molar-refractivity contribution in [2.24, 2.45) is 0 Å². The van der Waals surface area contributed by atoms with Gasteiger partial charge in [-0.15, -0.1) is 0 Å². The summed E-state index contributed by atoms with van der Waals surface area (Å²) in [5, 5.41) is 3.35. The van der Waals surface area contributed by atoms with Gasteiger partial charge in [0.15, 0.2) is 0 Å². The molecule has 106 valence electrons. The maximum atomic E-state index is 5.53. The second-order valence-electron chi connectivity index (χ2n) is 4.59. The van der Waals surface area contributed by atoms with Crippen molar-refractivity contribution in [2.45, 2.75) is 19.9 Å². The third-order valence-electron chi connectivity index (χ3n) is 3.20. The number of hydrogen-bond donors (Lipinski definition) is 1. The van der Waals surface area contributed by atoms with E-state index in [4.69, 9.17) is 4.74 Å². The van der Waals surface area contributed by atoms with Crippen molar-refractivity contribution in [3.8, 4) is 5.75 Å². The van der Waals surface area contributed by atoms with E-state index in [9.17, 15) is 0 Å². The highest BCUT2D eigenvalue weighted by Gasteiger charge is 2.16. The van der Waals surface area contributed by atoms with E-state index in [1.54, 1.807) is 6.20 Å². The molecule has 1 aromatic heterocycles. The molecule has 0 saturated carbocycles. The fourth-order valence-electron chi connectivity index (χ4n) is 2.23. The van der Waals surface area contributed by atoms with Crippen LogP contribution in [0.3, 0.4) is 0 Å². The lowest BCUT2D eigenvalue weighted by molar-refractivity contribution is 0.338. The molecule has 1 unspecified atom stereocenters. The van der Waals surface area contributed by atoms with Gasteiger partial charge in [0.1, 0.15) is 5.75 Å². The van der Waals surface area contributed by atoms with E-state index in [1.165, 1.54) is 11.1 Å². The Kier molecular flexibility index (Phi) is 5.15. The van der Waals surface area contributed by atoms with Crippen LogP contribution in [-0.2, 0) is 0 Å². The Labute approximate surface area is 128 Å². The van der Waals surface area contributed by atoms with E-state index in [1.807, 2.05) is 26.2 Å². The summed E-state index contributed by atoms with van der Waals surface area (Å²) in [6, 6.07) is 8.39. The van der Waals surface area contributed by atoms with Crippen LogP contribution in [-0.4, -0.2) is 18.6 Å². The molecule has 0 amide bonds. The molecule has 0 spiro atoms. The number of ether oxygens (including phenoxy) is 1. The Bertz CT molecular complexity index is 586. The van der Waals surface area contributed by atoms with Crippen LogP contribution in [0.2, 0.25) is 0 Å². The van der Waals surface area contributed by atoms with Crippen molar-refractivity contribution >= 4 is 15.9 Å². The fourth-order valence-corrected chi connectivity index (χ4v) is 2.73. The minimum atomic E-state index is 0.0807. The zero-order valence-corrected chi connectivity index (χ0v) is 13.6. The summed E-state index contributed by atoms with van der Waals surface area (Å²) in [7, 11) is 1.95. The van der Waals surface area contributed by atoms with Gasteiger partial charge in [0, 0.05) is 10.7 Å². The number of aryl methyl sites for hydroxylation is 1. The van der Waals surface area contributed by atoms with Crippen LogP contribution in [0.25, 0.3) is 0 Å². The first-order chi connectivity index (χ1) is 9.67. The van der Waals surface area contributed by atoms with Crippen LogP contribution in [0.15, 0.2) is 41.1 Å². The van der Waals surface area contributed by atoms with Crippen molar-refractivity contribution in [3.05, 3.63) is 57.8 Å². The Balaban J connectivity index is 2.41. The third kappa shape index (κ3) is 3.19. The molecule has 0 saturated heterocycles. The predicted octanol–water partition coefficient (Wildman–Crippen LogP) is 3.86. The number of aromatic nitrogens is 1. The molecular formula is C16H19BrN2O. The molecular weight excluding hydrogens is 316 g/mol. The summed E-state index contributed by atoms with van der Waals surface area (Å²) in [4.78, 5) is 4.27. The molecule has 1 aromatic carbocycles. The van der Waals surface area contributed by atoms with Crippen molar-refractivity contribution in [3.63, 3.8) is 0 Å². The highest BCUT2D eigenvalue weighted by Crippen LogP contribution is 2.31. The third-order valence-corrected chi connectivity index (χ3v) is 4.28. The zero-order chi connectivity index (χ0) is 14.5. The van der Waals surface area contributed by atoms with E-state index in [-0.39, 0.29) is 6.04 Å². The van der Waals surface area contributed by atoms with Crippen LogP contribution in [0, 0.1) is 6.92 Å². The Morgan fingerprint density at radius 3 is 2.85 bits per heavy atom. The molecule has 0 aliphatic heterocycles. The SMILES string of the molecule is CCOc1cncc(C(NC)c2cccc(C)c2Br)c1. The Morgan fingerprint density at radius 1 is 1.35 bits per heavy atom. The van der Waals surface area contributed by atoms with Gasteiger partial charge in [-0.05, 0) is 43.7 Å². The highest BCUT2D eigenvalue weighted by molar-refractivity contribution is 9.10. The van der Waals surface area contributed by atoms with E-state index in [0.717, 1.165) is 15.8 Å². The minimum absolute atomic E-state index is 0.0807. The molecule has 1 heterocycles. The molecule has 1 N–H and O–H groups in total. The summed E-state index contributed by atoms with van der Waals surface area (Å²) in [5.74, 6) is 0.800. The monoisotopic (exact) mass is 334 g/mol. The standard InChI is InChI=1S/C16H19BrN2O/c1-4-20-13-8-12(9-19-10-13)16(18-3)14-7-5-6-11(2)15(14)17/h5-10,16,18H,4H2,1-3H3. The molecule has 1 atom stereocenters. The molecule has 3 nitrogen and oxygen atoms in total. The first kappa shape index (κ1) is 15.0. The van der Waals surface area contributed by atoms with Crippen LogP contribution >= 0.6 is 15.9 Å². The number of halogens is 1. The van der Waals surface area contributed by atoms with Crippen molar-refractivity contribution in [2.75, 3.05) is 13.7 Å². The number of hydrogen-bond acceptors (Lipinski definition) is 3. The van der Waals surface area contributed by atoms with Gasteiger partial charge in [-0.1, -0.05) is 34.1 Å². The normalized spacial score (nSPS) is 12.2. The lowest BCUT2D eigenvalue weighted by Crippen LogP contribution is -2.18. The van der Waals surface area contributed by atoms with Gasteiger partial charge in [0.25, 0.3) is 0 Å². The highest BCUT2D eigenvalue weighted by atomic mass is 79.9. The smallest absolute Gasteiger partial charge is 0.137 e. The van der Waals surface area contributed by atoms with E-state index < -0.39 is 0 Å². The molecule has 2 aromatic rings. The average Bonchev–Trinajstić information content (AvgIpc) is 2.45. The van der Waals surface area contributed by atoms with Crippen LogP contribution in [0.4, 0.5) is 0 Å². The summed E-state index contributed by atoms with van der Waals surface area (Å²) >= 11 is 3.68. The minimum Gasteiger partial charge on any atom is -0.492 e. The van der Waals surface area contributed by atoms with Gasteiger partial charge < -0.3 is 10.1 Å². The first-order valence-electron chi connectivity index (χ1n) is 6.67. The van der Waals surface area contributed by atoms with Crippen molar-refractivity contribution < 1.29 is 4.74 Å². The first-order valence-corrected chi connectivity index (χ1v) is 7.46. The van der Waals surface area contributed by atoms with E-state index >= 15 is 0 Å². The summed E-state index contributed by atoms with van der Waals surface area (Å²) < 4.78 is 6.66. The Hall–Kier alpha value is -1.39.